The molecular weight excluding hydrogens is 289 g/mol. The molecule has 0 saturated carbocycles. The van der Waals surface area contributed by atoms with Gasteiger partial charge >= 0.3 is 7.60 Å². The van der Waals surface area contributed by atoms with Crippen molar-refractivity contribution >= 4 is 7.60 Å². The largest absolute Gasteiger partial charge is 0.383 e. The zero-order chi connectivity index (χ0) is 15.7. The summed E-state index contributed by atoms with van der Waals surface area (Å²) >= 11 is 0. The first-order chi connectivity index (χ1) is 10.1. The van der Waals surface area contributed by atoms with Gasteiger partial charge in [0, 0.05) is 7.11 Å². The van der Waals surface area contributed by atoms with E-state index in [9.17, 15) is 4.57 Å². The highest BCUT2D eigenvalue weighted by Crippen LogP contribution is 2.52. The van der Waals surface area contributed by atoms with E-state index in [-0.39, 0.29) is 6.04 Å². The topological polar surface area (TPSA) is 56.8 Å². The quantitative estimate of drug-likeness (QED) is 0.669. The predicted octanol–water partition coefficient (Wildman–Crippen LogP) is 3.58. The number of benzene rings is 1. The Balaban J connectivity index is 2.84. The van der Waals surface area contributed by atoms with Gasteiger partial charge in [0.05, 0.1) is 25.9 Å². The molecule has 0 aromatic heterocycles. The molecule has 0 spiro atoms. The molecule has 0 amide bonds. The number of nitrogens with one attached hydrogen (secondary N) is 1. The van der Waals surface area contributed by atoms with Crippen LogP contribution in [0.2, 0.25) is 0 Å². The Hall–Kier alpha value is -0.710. The van der Waals surface area contributed by atoms with E-state index in [0.717, 1.165) is 5.56 Å². The van der Waals surface area contributed by atoms with Gasteiger partial charge in [-0.15, -0.1) is 0 Å². The number of hydrogen-bond donors (Lipinski definition) is 1. The molecule has 0 heterocycles. The fourth-order valence-electron chi connectivity index (χ4n) is 2.10. The van der Waals surface area contributed by atoms with Crippen LogP contribution in [0.15, 0.2) is 30.3 Å². The molecule has 0 aliphatic heterocycles. The summed E-state index contributed by atoms with van der Waals surface area (Å²) in [4.78, 5) is 0. The molecule has 1 rings (SSSR count). The van der Waals surface area contributed by atoms with Crippen molar-refractivity contribution < 1.29 is 18.3 Å². The molecule has 0 radical (unpaired) electrons. The molecule has 1 aromatic rings. The van der Waals surface area contributed by atoms with Gasteiger partial charge in [-0.1, -0.05) is 30.3 Å². The van der Waals surface area contributed by atoms with Crippen LogP contribution in [0.1, 0.15) is 32.4 Å². The van der Waals surface area contributed by atoms with E-state index < -0.39 is 13.4 Å². The van der Waals surface area contributed by atoms with E-state index in [0.29, 0.717) is 19.8 Å². The lowest BCUT2D eigenvalue weighted by Crippen LogP contribution is -2.34. The van der Waals surface area contributed by atoms with Gasteiger partial charge in [0.25, 0.3) is 0 Å². The van der Waals surface area contributed by atoms with E-state index >= 15 is 0 Å². The van der Waals surface area contributed by atoms with Crippen molar-refractivity contribution in [3.8, 4) is 0 Å². The standard InChI is InChI=1S/C15H26NO4P/c1-5-19-21(17,20-6-2)13(3)16-15(12-18-4)14-10-8-7-9-11-14/h7-11,13,15-16H,5-6,12H2,1-4H3/t13-,15-/m0/s1. The molecule has 120 valence electrons. The smallest absolute Gasteiger partial charge is 0.347 e. The van der Waals surface area contributed by atoms with Gasteiger partial charge in [-0.25, -0.2) is 0 Å². The molecule has 0 fully saturated rings. The average Bonchev–Trinajstić information content (AvgIpc) is 2.48. The van der Waals surface area contributed by atoms with Gasteiger partial charge in [0.1, 0.15) is 5.78 Å². The van der Waals surface area contributed by atoms with Crippen LogP contribution in [0.3, 0.4) is 0 Å². The highest BCUT2D eigenvalue weighted by molar-refractivity contribution is 7.54. The maximum Gasteiger partial charge on any atom is 0.347 e. The van der Waals surface area contributed by atoms with Crippen LogP contribution in [-0.4, -0.2) is 32.7 Å². The maximum absolute atomic E-state index is 12.7. The second-order valence-corrected chi connectivity index (χ2v) is 7.01. The Bertz CT molecular complexity index is 431. The predicted molar refractivity (Wildman–Crippen MR) is 84.5 cm³/mol. The van der Waals surface area contributed by atoms with Crippen LogP contribution in [0.25, 0.3) is 0 Å². The van der Waals surface area contributed by atoms with Crippen LogP contribution in [0.5, 0.6) is 0 Å². The average molecular weight is 315 g/mol. The Labute approximate surface area is 127 Å². The van der Waals surface area contributed by atoms with Crippen molar-refractivity contribution in [1.82, 2.24) is 5.32 Å². The molecule has 21 heavy (non-hydrogen) atoms. The van der Waals surface area contributed by atoms with Crippen molar-refractivity contribution in [3.63, 3.8) is 0 Å². The van der Waals surface area contributed by atoms with E-state index in [1.165, 1.54) is 0 Å². The number of hydrogen-bond acceptors (Lipinski definition) is 5. The Kier molecular flexibility index (Phi) is 8.15. The fourth-order valence-corrected chi connectivity index (χ4v) is 3.70. The Morgan fingerprint density at radius 1 is 1.14 bits per heavy atom. The van der Waals surface area contributed by atoms with E-state index in [2.05, 4.69) is 5.32 Å². The summed E-state index contributed by atoms with van der Waals surface area (Å²) in [6.07, 6.45) is 0. The first-order valence-electron chi connectivity index (χ1n) is 7.26. The lowest BCUT2D eigenvalue weighted by atomic mass is 10.1. The molecule has 2 atom stereocenters. The van der Waals surface area contributed by atoms with Crippen LogP contribution < -0.4 is 5.32 Å². The second kappa shape index (κ2) is 9.34. The zero-order valence-corrected chi connectivity index (χ0v) is 14.1. The lowest BCUT2D eigenvalue weighted by Gasteiger charge is -2.28. The van der Waals surface area contributed by atoms with Crippen molar-refractivity contribution in [3.05, 3.63) is 35.9 Å². The van der Waals surface area contributed by atoms with Crippen LogP contribution in [0, 0.1) is 0 Å². The van der Waals surface area contributed by atoms with Crippen molar-refractivity contribution in [2.24, 2.45) is 0 Å². The van der Waals surface area contributed by atoms with Crippen molar-refractivity contribution in [1.29, 1.82) is 0 Å². The van der Waals surface area contributed by atoms with E-state index in [4.69, 9.17) is 13.8 Å². The Morgan fingerprint density at radius 2 is 1.71 bits per heavy atom. The highest BCUT2D eigenvalue weighted by Gasteiger charge is 2.33. The third-order valence-corrected chi connectivity index (χ3v) is 5.40. The van der Waals surface area contributed by atoms with Gasteiger partial charge in [0.15, 0.2) is 0 Å². The molecule has 0 aliphatic rings. The fraction of sp³-hybridized carbons (Fsp3) is 0.600. The van der Waals surface area contributed by atoms with Crippen LogP contribution in [0.4, 0.5) is 0 Å². The summed E-state index contributed by atoms with van der Waals surface area (Å²) in [5.41, 5.74) is 1.07. The first kappa shape index (κ1) is 18.3. The monoisotopic (exact) mass is 315 g/mol. The van der Waals surface area contributed by atoms with E-state index in [1.807, 2.05) is 51.1 Å². The van der Waals surface area contributed by atoms with Crippen LogP contribution in [-0.2, 0) is 18.3 Å². The minimum absolute atomic E-state index is 0.0690. The molecule has 0 bridgehead atoms. The molecule has 1 aromatic carbocycles. The van der Waals surface area contributed by atoms with Crippen molar-refractivity contribution in [2.75, 3.05) is 26.9 Å². The van der Waals surface area contributed by atoms with Crippen LogP contribution >= 0.6 is 7.60 Å². The summed E-state index contributed by atoms with van der Waals surface area (Å²) < 4.78 is 28.7. The first-order valence-corrected chi connectivity index (χ1v) is 8.87. The van der Waals surface area contributed by atoms with Gasteiger partial charge in [-0.05, 0) is 26.3 Å². The van der Waals surface area contributed by atoms with Gasteiger partial charge in [-0.2, -0.15) is 0 Å². The normalized spacial score (nSPS) is 14.9. The minimum Gasteiger partial charge on any atom is -0.383 e. The number of ether oxygens (including phenoxy) is 1. The zero-order valence-electron chi connectivity index (χ0n) is 13.2. The summed E-state index contributed by atoms with van der Waals surface area (Å²) in [7, 11) is -1.53. The molecule has 0 saturated heterocycles. The van der Waals surface area contributed by atoms with Gasteiger partial charge in [0.2, 0.25) is 0 Å². The van der Waals surface area contributed by atoms with Gasteiger partial charge < -0.3 is 13.8 Å². The van der Waals surface area contributed by atoms with Crippen molar-refractivity contribution in [2.45, 2.75) is 32.6 Å². The highest BCUT2D eigenvalue weighted by atomic mass is 31.2. The molecule has 5 nitrogen and oxygen atoms in total. The molecule has 0 unspecified atom stereocenters. The molecule has 6 heteroatoms. The lowest BCUT2D eigenvalue weighted by molar-refractivity contribution is 0.159. The molecule has 1 N–H and O–H groups in total. The minimum atomic E-state index is -3.18. The third-order valence-electron chi connectivity index (χ3n) is 3.07. The third kappa shape index (κ3) is 5.53. The number of rotatable bonds is 10. The maximum atomic E-state index is 12.7. The van der Waals surface area contributed by atoms with E-state index in [1.54, 1.807) is 7.11 Å². The summed E-state index contributed by atoms with van der Waals surface area (Å²) in [5.74, 6) is -0.419. The number of methoxy groups -OCH3 is 1. The molecular formula is C15H26NO4P. The Morgan fingerprint density at radius 3 is 2.19 bits per heavy atom. The molecule has 0 aliphatic carbocycles. The SMILES string of the molecule is CCOP(=O)(OCC)[C@@H](C)N[C@@H](COC)c1ccccc1. The second-order valence-electron chi connectivity index (χ2n) is 4.64. The van der Waals surface area contributed by atoms with Gasteiger partial charge in [-0.3, -0.25) is 9.88 Å². The summed E-state index contributed by atoms with van der Waals surface area (Å²) in [6.45, 7) is 6.61. The summed E-state index contributed by atoms with van der Waals surface area (Å²) in [6, 6.07) is 9.85. The summed E-state index contributed by atoms with van der Waals surface area (Å²) in [5, 5.41) is 3.31.